The van der Waals surface area contributed by atoms with E-state index in [-0.39, 0.29) is 44.6 Å². The van der Waals surface area contributed by atoms with Gasteiger partial charge in [0.2, 0.25) is 0 Å². The number of pyridine rings is 1. The Balaban J connectivity index is 0.00000128. The molecular formula is C9H9MgNO4S. The topological polar surface area (TPSA) is 87.5 Å². The van der Waals surface area contributed by atoms with Crippen molar-refractivity contribution >= 4 is 44.1 Å². The summed E-state index contributed by atoms with van der Waals surface area (Å²) in [6.07, 6.45) is 1.43. The fraction of sp³-hybridized carbons (Fsp3) is 0. The van der Waals surface area contributed by atoms with Gasteiger partial charge in [0.25, 0.3) is 10.1 Å². The number of phenolic OH excluding ortho intramolecular Hbond substituents is 1. The van der Waals surface area contributed by atoms with Crippen molar-refractivity contribution in [3.05, 3.63) is 30.5 Å². The van der Waals surface area contributed by atoms with Crippen LogP contribution in [0.25, 0.3) is 10.9 Å². The molecule has 0 saturated carbocycles. The number of benzene rings is 1. The Morgan fingerprint density at radius 2 is 1.88 bits per heavy atom. The van der Waals surface area contributed by atoms with Gasteiger partial charge in [0, 0.05) is 11.6 Å². The van der Waals surface area contributed by atoms with Gasteiger partial charge in [-0.05, 0) is 24.3 Å². The molecule has 1 heterocycles. The van der Waals surface area contributed by atoms with Crippen LogP contribution in [0.4, 0.5) is 0 Å². The van der Waals surface area contributed by atoms with Crippen LogP contribution in [0, 0.1) is 0 Å². The summed E-state index contributed by atoms with van der Waals surface area (Å²) >= 11 is 0. The lowest BCUT2D eigenvalue weighted by molar-refractivity contribution is 0.478. The molecule has 0 aliphatic heterocycles. The highest BCUT2D eigenvalue weighted by atomic mass is 32.2. The maximum Gasteiger partial charge on any atom is 0.316 e. The summed E-state index contributed by atoms with van der Waals surface area (Å²) in [4.78, 5) is 3.57. The summed E-state index contributed by atoms with van der Waals surface area (Å²) < 4.78 is 30.9. The molecule has 2 N–H and O–H groups in total. The molecule has 0 fully saturated rings. The number of phenols is 1. The van der Waals surface area contributed by atoms with E-state index in [0.29, 0.717) is 0 Å². The molecule has 82 valence electrons. The van der Waals surface area contributed by atoms with E-state index in [1.807, 2.05) is 0 Å². The molecular weight excluding hydrogens is 242 g/mol. The van der Waals surface area contributed by atoms with E-state index >= 15 is 0 Å². The summed E-state index contributed by atoms with van der Waals surface area (Å²) in [5.74, 6) is -0.127. The zero-order valence-electron chi connectivity index (χ0n) is 7.45. The van der Waals surface area contributed by atoms with Crippen LogP contribution in [-0.4, -0.2) is 46.1 Å². The molecule has 2 rings (SSSR count). The van der Waals surface area contributed by atoms with Gasteiger partial charge in [0.05, 0.1) is 0 Å². The van der Waals surface area contributed by atoms with Crippen LogP contribution in [0.3, 0.4) is 0 Å². The number of rotatable bonds is 1. The van der Waals surface area contributed by atoms with Crippen LogP contribution in [0.15, 0.2) is 35.4 Å². The number of fused-ring (bicyclic) bond motifs is 1. The van der Waals surface area contributed by atoms with Crippen LogP contribution in [0.5, 0.6) is 5.75 Å². The third kappa shape index (κ3) is 2.27. The first kappa shape index (κ1) is 13.2. The average molecular weight is 252 g/mol. The third-order valence-electron chi connectivity index (χ3n) is 1.99. The number of aromatic hydroxyl groups is 1. The fourth-order valence-corrected chi connectivity index (χ4v) is 2.04. The van der Waals surface area contributed by atoms with Crippen molar-refractivity contribution in [3.63, 3.8) is 0 Å². The molecule has 0 spiro atoms. The van der Waals surface area contributed by atoms with E-state index in [2.05, 4.69) is 4.98 Å². The highest BCUT2D eigenvalue weighted by Crippen LogP contribution is 2.27. The van der Waals surface area contributed by atoms with Gasteiger partial charge in [-0.25, -0.2) is 0 Å². The van der Waals surface area contributed by atoms with Gasteiger partial charge in [-0.15, -0.1) is 0 Å². The van der Waals surface area contributed by atoms with Crippen molar-refractivity contribution < 1.29 is 18.1 Å². The quantitative estimate of drug-likeness (QED) is 0.561. The second kappa shape index (κ2) is 4.54. The van der Waals surface area contributed by atoms with E-state index in [1.54, 1.807) is 0 Å². The highest BCUT2D eigenvalue weighted by molar-refractivity contribution is 7.86. The predicted molar refractivity (Wildman–Crippen MR) is 61.8 cm³/mol. The Morgan fingerprint density at radius 3 is 2.50 bits per heavy atom. The number of hydrogen-bond donors (Lipinski definition) is 2. The van der Waals surface area contributed by atoms with Gasteiger partial charge in [-0.2, -0.15) is 8.42 Å². The van der Waals surface area contributed by atoms with E-state index in [4.69, 9.17) is 4.55 Å². The molecule has 0 atom stereocenters. The molecule has 1 aromatic carbocycles. The highest BCUT2D eigenvalue weighted by Gasteiger charge is 2.15. The van der Waals surface area contributed by atoms with Crippen LogP contribution in [0.2, 0.25) is 0 Å². The van der Waals surface area contributed by atoms with Gasteiger partial charge < -0.3 is 5.11 Å². The third-order valence-corrected chi connectivity index (χ3v) is 2.90. The molecule has 5 nitrogen and oxygen atoms in total. The maximum atomic E-state index is 11.0. The van der Waals surface area contributed by atoms with E-state index in [0.717, 1.165) is 6.07 Å². The minimum atomic E-state index is -4.30. The first-order chi connectivity index (χ1) is 7.00. The maximum absolute atomic E-state index is 11.0. The number of aromatic nitrogens is 1. The Hall–Kier alpha value is -0.894. The normalized spacial score (nSPS) is 11.1. The van der Waals surface area contributed by atoms with E-state index < -0.39 is 10.1 Å². The SMILES string of the molecule is O=S(=O)(O)c1ccc(O)c2ncccc12.[MgH2]. The molecule has 0 radical (unpaired) electrons. The molecule has 1 aromatic heterocycles. The molecule has 0 bridgehead atoms. The Bertz CT molecular complexity index is 626. The molecule has 0 amide bonds. The van der Waals surface area contributed by atoms with Crippen molar-refractivity contribution in [2.45, 2.75) is 4.90 Å². The molecule has 0 aliphatic carbocycles. The molecule has 0 unspecified atom stereocenters. The van der Waals surface area contributed by atoms with E-state index in [9.17, 15) is 13.5 Å². The fourth-order valence-electron chi connectivity index (χ4n) is 1.36. The van der Waals surface area contributed by atoms with Crippen molar-refractivity contribution in [1.29, 1.82) is 0 Å². The lowest BCUT2D eigenvalue weighted by Crippen LogP contribution is -1.99. The summed E-state index contributed by atoms with van der Waals surface area (Å²) in [6.45, 7) is 0. The summed E-state index contributed by atoms with van der Waals surface area (Å²) in [5, 5.41) is 9.62. The average Bonchev–Trinajstić information content (AvgIpc) is 2.17. The molecule has 2 aromatic rings. The van der Waals surface area contributed by atoms with Gasteiger partial charge in [-0.3, -0.25) is 9.54 Å². The van der Waals surface area contributed by atoms with Gasteiger partial charge in [0.15, 0.2) is 0 Å². The second-order valence-corrected chi connectivity index (χ2v) is 4.35. The standard InChI is InChI=1S/C9H7NO4S.Mg.2H/c11-7-3-4-8(15(12,13)14)6-2-1-5-10-9(6)7;;;/h1-5,11H,(H,12,13,14);;;. The molecule has 0 aliphatic rings. The second-order valence-electron chi connectivity index (χ2n) is 2.96. The Morgan fingerprint density at radius 1 is 1.19 bits per heavy atom. The van der Waals surface area contributed by atoms with Gasteiger partial charge in [0.1, 0.15) is 16.2 Å². The first-order valence-corrected chi connectivity index (χ1v) is 5.48. The monoisotopic (exact) mass is 251 g/mol. The lowest BCUT2D eigenvalue weighted by atomic mass is 10.2. The van der Waals surface area contributed by atoms with E-state index in [1.165, 1.54) is 24.4 Å². The largest absolute Gasteiger partial charge is 0.506 e. The van der Waals surface area contributed by atoms with Crippen LogP contribution >= 0.6 is 0 Å². The lowest BCUT2D eigenvalue weighted by Gasteiger charge is -2.03. The molecule has 0 saturated heterocycles. The van der Waals surface area contributed by atoms with Gasteiger partial charge >= 0.3 is 23.1 Å². The van der Waals surface area contributed by atoms with Crippen molar-refractivity contribution in [1.82, 2.24) is 4.98 Å². The molecule has 16 heavy (non-hydrogen) atoms. The van der Waals surface area contributed by atoms with Crippen molar-refractivity contribution in [2.24, 2.45) is 0 Å². The van der Waals surface area contributed by atoms with Crippen LogP contribution in [-0.2, 0) is 10.1 Å². The number of nitrogens with zero attached hydrogens (tertiary/aromatic N) is 1. The number of hydrogen-bond acceptors (Lipinski definition) is 4. The summed E-state index contributed by atoms with van der Waals surface area (Å²) in [6, 6.07) is 5.30. The minimum Gasteiger partial charge on any atom is -0.506 e. The predicted octanol–water partition coefficient (Wildman–Crippen LogP) is 0.271. The Labute approximate surface area is 108 Å². The van der Waals surface area contributed by atoms with Crippen LogP contribution in [0.1, 0.15) is 0 Å². The van der Waals surface area contributed by atoms with Crippen molar-refractivity contribution in [3.8, 4) is 5.75 Å². The first-order valence-electron chi connectivity index (χ1n) is 4.04. The van der Waals surface area contributed by atoms with Gasteiger partial charge in [-0.1, -0.05) is 0 Å². The molecule has 7 heteroatoms. The van der Waals surface area contributed by atoms with Crippen molar-refractivity contribution in [2.75, 3.05) is 0 Å². The smallest absolute Gasteiger partial charge is 0.316 e. The summed E-state index contributed by atoms with van der Waals surface area (Å²) in [7, 11) is -4.30. The van der Waals surface area contributed by atoms with Crippen LogP contribution < -0.4 is 0 Å². The Kier molecular flexibility index (Phi) is 3.74. The minimum absolute atomic E-state index is 0. The zero-order chi connectivity index (χ0) is 11.1. The summed E-state index contributed by atoms with van der Waals surface area (Å²) in [5.41, 5.74) is 0.146. The zero-order valence-corrected chi connectivity index (χ0v) is 8.27.